The minimum absolute atomic E-state index is 0.00528. The highest BCUT2D eigenvalue weighted by molar-refractivity contribution is 8.13. The standard InChI is InChI=1S/C13H9ClF2O3S/c14-20(17,18)13-7-11(16)5-6-12(13)19-8-9-1-3-10(15)4-2-9/h1-7H,8H2. The quantitative estimate of drug-likeness (QED) is 0.811. The van der Waals surface area contributed by atoms with Crippen LogP contribution in [-0.2, 0) is 15.7 Å². The molecule has 2 rings (SSSR count). The summed E-state index contributed by atoms with van der Waals surface area (Å²) in [6.07, 6.45) is 0. The van der Waals surface area contributed by atoms with E-state index in [2.05, 4.69) is 0 Å². The highest BCUT2D eigenvalue weighted by Crippen LogP contribution is 2.28. The summed E-state index contributed by atoms with van der Waals surface area (Å²) in [6, 6.07) is 8.51. The van der Waals surface area contributed by atoms with Crippen molar-refractivity contribution in [2.24, 2.45) is 0 Å². The van der Waals surface area contributed by atoms with Gasteiger partial charge in [0.25, 0.3) is 9.05 Å². The van der Waals surface area contributed by atoms with Gasteiger partial charge in [-0.3, -0.25) is 0 Å². The van der Waals surface area contributed by atoms with E-state index < -0.39 is 19.8 Å². The third-order valence-electron chi connectivity index (χ3n) is 2.48. The van der Waals surface area contributed by atoms with E-state index in [0.29, 0.717) is 5.56 Å². The summed E-state index contributed by atoms with van der Waals surface area (Å²) in [6.45, 7) is 0.00528. The third kappa shape index (κ3) is 3.68. The Morgan fingerprint density at radius 1 is 1.00 bits per heavy atom. The van der Waals surface area contributed by atoms with Crippen molar-refractivity contribution in [3.05, 3.63) is 59.7 Å². The minimum atomic E-state index is -4.12. The van der Waals surface area contributed by atoms with Gasteiger partial charge >= 0.3 is 0 Å². The Hall–Kier alpha value is -1.66. The molecule has 0 atom stereocenters. The van der Waals surface area contributed by atoms with Crippen LogP contribution in [0.4, 0.5) is 8.78 Å². The Morgan fingerprint density at radius 3 is 2.20 bits per heavy atom. The Morgan fingerprint density at radius 2 is 1.60 bits per heavy atom. The topological polar surface area (TPSA) is 43.4 Å². The fourth-order valence-electron chi connectivity index (χ4n) is 1.53. The molecule has 7 heteroatoms. The third-order valence-corrected chi connectivity index (χ3v) is 3.82. The molecule has 0 unspecified atom stereocenters. The van der Waals surface area contributed by atoms with Crippen molar-refractivity contribution in [2.75, 3.05) is 0 Å². The van der Waals surface area contributed by atoms with E-state index in [4.69, 9.17) is 15.4 Å². The molecule has 2 aromatic rings. The maximum atomic E-state index is 13.1. The van der Waals surface area contributed by atoms with Crippen LogP contribution >= 0.6 is 10.7 Å². The average molecular weight is 319 g/mol. The maximum Gasteiger partial charge on any atom is 0.265 e. The fourth-order valence-corrected chi connectivity index (χ4v) is 2.52. The van der Waals surface area contributed by atoms with Crippen LogP contribution in [0.3, 0.4) is 0 Å². The van der Waals surface area contributed by atoms with Crippen LogP contribution in [0.1, 0.15) is 5.56 Å². The summed E-state index contributed by atoms with van der Waals surface area (Å²) in [4.78, 5) is -0.443. The van der Waals surface area contributed by atoms with Gasteiger partial charge in [0.2, 0.25) is 0 Å². The SMILES string of the molecule is O=S(=O)(Cl)c1cc(F)ccc1OCc1ccc(F)cc1. The van der Waals surface area contributed by atoms with Crippen LogP contribution in [0.25, 0.3) is 0 Å². The van der Waals surface area contributed by atoms with Gasteiger partial charge in [-0.2, -0.15) is 0 Å². The summed E-state index contributed by atoms with van der Waals surface area (Å²) in [7, 11) is 1.09. The molecule has 2 aromatic carbocycles. The molecule has 0 saturated heterocycles. The second kappa shape index (κ2) is 5.76. The van der Waals surface area contributed by atoms with Crippen LogP contribution < -0.4 is 4.74 Å². The van der Waals surface area contributed by atoms with E-state index >= 15 is 0 Å². The largest absolute Gasteiger partial charge is 0.487 e. The van der Waals surface area contributed by atoms with Gasteiger partial charge in [0.05, 0.1) is 0 Å². The Labute approximate surface area is 119 Å². The Bertz CT molecular complexity index is 715. The van der Waals surface area contributed by atoms with Crippen molar-refractivity contribution in [1.29, 1.82) is 0 Å². The average Bonchev–Trinajstić information content (AvgIpc) is 2.38. The molecule has 106 valence electrons. The van der Waals surface area contributed by atoms with Crippen molar-refractivity contribution in [3.8, 4) is 5.75 Å². The fraction of sp³-hybridized carbons (Fsp3) is 0.0769. The molecule has 0 heterocycles. The highest BCUT2D eigenvalue weighted by Gasteiger charge is 2.18. The first-order chi connectivity index (χ1) is 9.36. The monoisotopic (exact) mass is 318 g/mol. The van der Waals surface area contributed by atoms with Gasteiger partial charge in [-0.05, 0) is 35.9 Å². The van der Waals surface area contributed by atoms with Crippen molar-refractivity contribution < 1.29 is 21.9 Å². The van der Waals surface area contributed by atoms with Crippen LogP contribution in [0.15, 0.2) is 47.4 Å². The summed E-state index contributed by atoms with van der Waals surface area (Å²) < 4.78 is 53.8. The number of ether oxygens (including phenoxy) is 1. The molecule has 0 spiro atoms. The number of rotatable bonds is 4. The van der Waals surface area contributed by atoms with Gasteiger partial charge < -0.3 is 4.74 Å². The van der Waals surface area contributed by atoms with Crippen molar-refractivity contribution >= 4 is 19.7 Å². The van der Waals surface area contributed by atoms with Gasteiger partial charge in [-0.15, -0.1) is 0 Å². The summed E-state index contributed by atoms with van der Waals surface area (Å²) in [5.74, 6) is -1.19. The lowest BCUT2D eigenvalue weighted by atomic mass is 10.2. The molecule has 0 radical (unpaired) electrons. The molecule has 0 amide bonds. The molecule has 0 aliphatic carbocycles. The van der Waals surface area contributed by atoms with Gasteiger partial charge in [-0.25, -0.2) is 17.2 Å². The first kappa shape index (κ1) is 14.7. The minimum Gasteiger partial charge on any atom is -0.487 e. The van der Waals surface area contributed by atoms with E-state index in [1.165, 1.54) is 30.3 Å². The molecular formula is C13H9ClF2O3S. The van der Waals surface area contributed by atoms with E-state index in [-0.39, 0.29) is 18.2 Å². The molecule has 0 aliphatic rings. The molecule has 0 bridgehead atoms. The van der Waals surface area contributed by atoms with Crippen molar-refractivity contribution in [1.82, 2.24) is 0 Å². The molecule has 0 fully saturated rings. The van der Waals surface area contributed by atoms with Crippen LogP contribution in [0.5, 0.6) is 5.75 Å². The zero-order chi connectivity index (χ0) is 14.8. The molecule has 0 N–H and O–H groups in total. The maximum absolute atomic E-state index is 13.1. The molecule has 0 aliphatic heterocycles. The predicted molar refractivity (Wildman–Crippen MR) is 70.2 cm³/mol. The zero-order valence-electron chi connectivity index (χ0n) is 10.0. The second-order valence-corrected chi connectivity index (χ2v) is 6.48. The summed E-state index contributed by atoms with van der Waals surface area (Å²) in [5, 5.41) is 0. The van der Waals surface area contributed by atoms with E-state index in [1.54, 1.807) is 0 Å². The number of benzene rings is 2. The normalized spacial score (nSPS) is 11.3. The molecule has 0 saturated carbocycles. The number of hydrogen-bond donors (Lipinski definition) is 0. The van der Waals surface area contributed by atoms with Crippen LogP contribution in [-0.4, -0.2) is 8.42 Å². The first-order valence-corrected chi connectivity index (χ1v) is 7.78. The molecule has 3 nitrogen and oxygen atoms in total. The van der Waals surface area contributed by atoms with Crippen molar-refractivity contribution in [3.63, 3.8) is 0 Å². The first-order valence-electron chi connectivity index (χ1n) is 5.48. The lowest BCUT2D eigenvalue weighted by molar-refractivity contribution is 0.297. The van der Waals surface area contributed by atoms with Crippen LogP contribution in [0.2, 0.25) is 0 Å². The van der Waals surface area contributed by atoms with E-state index in [9.17, 15) is 17.2 Å². The highest BCUT2D eigenvalue weighted by atomic mass is 35.7. The lowest BCUT2D eigenvalue weighted by Crippen LogP contribution is -2.01. The van der Waals surface area contributed by atoms with Crippen LogP contribution in [0, 0.1) is 11.6 Å². The number of hydrogen-bond acceptors (Lipinski definition) is 3. The summed E-state index contributed by atoms with van der Waals surface area (Å²) >= 11 is 0. The molecule has 20 heavy (non-hydrogen) atoms. The smallest absolute Gasteiger partial charge is 0.265 e. The Kier molecular flexibility index (Phi) is 4.25. The predicted octanol–water partition coefficient (Wildman–Crippen LogP) is 3.47. The van der Waals surface area contributed by atoms with Gasteiger partial charge in [-0.1, -0.05) is 12.1 Å². The lowest BCUT2D eigenvalue weighted by Gasteiger charge is -2.09. The van der Waals surface area contributed by atoms with Gasteiger partial charge in [0.1, 0.15) is 28.9 Å². The molecule has 0 aromatic heterocycles. The van der Waals surface area contributed by atoms with Gasteiger partial charge in [0.15, 0.2) is 0 Å². The number of halogens is 3. The Balaban J connectivity index is 2.23. The van der Waals surface area contributed by atoms with Gasteiger partial charge in [0, 0.05) is 10.7 Å². The van der Waals surface area contributed by atoms with E-state index in [0.717, 1.165) is 12.1 Å². The zero-order valence-corrected chi connectivity index (χ0v) is 11.6. The second-order valence-electron chi connectivity index (χ2n) is 3.94. The van der Waals surface area contributed by atoms with Crippen molar-refractivity contribution in [2.45, 2.75) is 11.5 Å². The summed E-state index contributed by atoms with van der Waals surface area (Å²) in [5.41, 5.74) is 0.633. The molecular weight excluding hydrogens is 310 g/mol. The van der Waals surface area contributed by atoms with E-state index in [1.807, 2.05) is 0 Å².